The van der Waals surface area contributed by atoms with Crippen molar-refractivity contribution in [3.8, 4) is 0 Å². The Kier molecular flexibility index (Phi) is 5.95. The zero-order chi connectivity index (χ0) is 15.8. The Labute approximate surface area is 130 Å². The zero-order valence-electron chi connectivity index (χ0n) is 12.9. The number of nitrogens with zero attached hydrogens (tertiary/aromatic N) is 1. The monoisotopic (exact) mass is 298 g/mol. The van der Waals surface area contributed by atoms with Crippen LogP contribution < -0.4 is 10.9 Å². The average molecular weight is 298 g/mol. The highest BCUT2D eigenvalue weighted by molar-refractivity contribution is 5.76. The topological polar surface area (TPSA) is 51.1 Å². The van der Waals surface area contributed by atoms with Crippen LogP contribution in [0, 0.1) is 6.92 Å². The molecule has 1 aromatic carbocycles. The molecule has 4 nitrogen and oxygen atoms in total. The van der Waals surface area contributed by atoms with E-state index in [-0.39, 0.29) is 11.5 Å². The maximum Gasteiger partial charge on any atom is 0.250 e. The SMILES string of the molecule is Cc1ccn(CCCNC(=O)CCc2ccccc2)c(=O)c1. The second-order valence-electron chi connectivity index (χ2n) is 5.42. The van der Waals surface area contributed by atoms with Gasteiger partial charge in [-0.15, -0.1) is 0 Å². The average Bonchev–Trinajstić information content (AvgIpc) is 2.52. The fraction of sp³-hybridized carbons (Fsp3) is 0.333. The minimum Gasteiger partial charge on any atom is -0.356 e. The first-order chi connectivity index (χ1) is 10.6. The summed E-state index contributed by atoms with van der Waals surface area (Å²) < 4.78 is 1.67. The van der Waals surface area contributed by atoms with E-state index in [9.17, 15) is 9.59 Å². The molecule has 1 heterocycles. The molecule has 0 aliphatic rings. The van der Waals surface area contributed by atoms with Crippen molar-refractivity contribution in [2.24, 2.45) is 0 Å². The van der Waals surface area contributed by atoms with Crippen molar-refractivity contribution in [3.05, 3.63) is 70.1 Å². The third-order valence-corrected chi connectivity index (χ3v) is 3.53. The van der Waals surface area contributed by atoms with Gasteiger partial charge in [-0.25, -0.2) is 0 Å². The lowest BCUT2D eigenvalue weighted by Crippen LogP contribution is -2.27. The minimum atomic E-state index is 0.00963. The number of rotatable bonds is 7. The Bertz CT molecular complexity index is 662. The van der Waals surface area contributed by atoms with Gasteiger partial charge >= 0.3 is 0 Å². The number of benzene rings is 1. The fourth-order valence-electron chi connectivity index (χ4n) is 2.26. The molecule has 0 radical (unpaired) electrons. The molecule has 4 heteroatoms. The molecule has 2 rings (SSSR count). The van der Waals surface area contributed by atoms with Crippen LogP contribution in [0.15, 0.2) is 53.5 Å². The van der Waals surface area contributed by atoms with Crippen LogP contribution in [0.2, 0.25) is 0 Å². The summed E-state index contributed by atoms with van der Waals surface area (Å²) in [5.74, 6) is 0.0557. The zero-order valence-corrected chi connectivity index (χ0v) is 12.9. The quantitative estimate of drug-likeness (QED) is 0.797. The minimum absolute atomic E-state index is 0.00963. The van der Waals surface area contributed by atoms with Gasteiger partial charge in [0.15, 0.2) is 0 Å². The van der Waals surface area contributed by atoms with Gasteiger partial charge in [-0.05, 0) is 37.0 Å². The van der Waals surface area contributed by atoms with Gasteiger partial charge in [0.25, 0.3) is 5.56 Å². The lowest BCUT2D eigenvalue weighted by molar-refractivity contribution is -0.121. The summed E-state index contributed by atoms with van der Waals surface area (Å²) in [6.45, 7) is 3.12. The maximum atomic E-state index is 11.8. The molecule has 0 unspecified atom stereocenters. The first-order valence-electron chi connectivity index (χ1n) is 7.63. The van der Waals surface area contributed by atoms with Crippen LogP contribution in [-0.4, -0.2) is 17.0 Å². The summed E-state index contributed by atoms with van der Waals surface area (Å²) >= 11 is 0. The summed E-state index contributed by atoms with van der Waals surface area (Å²) in [7, 11) is 0. The summed E-state index contributed by atoms with van der Waals surface area (Å²) in [5.41, 5.74) is 2.15. The Hall–Kier alpha value is -2.36. The molecule has 1 aromatic heterocycles. The number of hydrogen-bond donors (Lipinski definition) is 1. The molecule has 0 spiro atoms. The number of pyridine rings is 1. The molecule has 0 atom stereocenters. The van der Waals surface area contributed by atoms with Gasteiger partial charge in [-0.1, -0.05) is 30.3 Å². The molecule has 0 aliphatic carbocycles. The second kappa shape index (κ2) is 8.17. The number of aromatic nitrogens is 1. The van der Waals surface area contributed by atoms with Gasteiger partial charge in [0, 0.05) is 31.8 Å². The van der Waals surface area contributed by atoms with E-state index in [2.05, 4.69) is 5.32 Å². The van der Waals surface area contributed by atoms with Crippen molar-refractivity contribution < 1.29 is 4.79 Å². The highest BCUT2D eigenvalue weighted by Gasteiger charge is 2.02. The number of amides is 1. The Morgan fingerprint density at radius 3 is 2.68 bits per heavy atom. The normalized spacial score (nSPS) is 10.4. The first kappa shape index (κ1) is 16.0. The second-order valence-corrected chi connectivity index (χ2v) is 5.42. The van der Waals surface area contributed by atoms with E-state index in [1.54, 1.807) is 16.8 Å². The van der Waals surface area contributed by atoms with E-state index in [1.807, 2.05) is 43.3 Å². The van der Waals surface area contributed by atoms with Crippen LogP contribution in [0.5, 0.6) is 0 Å². The van der Waals surface area contributed by atoms with E-state index < -0.39 is 0 Å². The predicted octanol–water partition coefficient (Wildman–Crippen LogP) is 2.30. The predicted molar refractivity (Wildman–Crippen MR) is 87.8 cm³/mol. The Morgan fingerprint density at radius 2 is 1.95 bits per heavy atom. The van der Waals surface area contributed by atoms with Crippen LogP contribution >= 0.6 is 0 Å². The van der Waals surface area contributed by atoms with Crippen molar-refractivity contribution in [1.82, 2.24) is 9.88 Å². The molecule has 0 aliphatic heterocycles. The summed E-state index contributed by atoms with van der Waals surface area (Å²) in [6.07, 6.45) is 3.80. The van der Waals surface area contributed by atoms with Gasteiger partial charge in [0.2, 0.25) is 5.91 Å². The number of aryl methyl sites for hydroxylation is 3. The van der Waals surface area contributed by atoms with Crippen molar-refractivity contribution in [2.75, 3.05) is 6.54 Å². The molecule has 0 saturated heterocycles. The van der Waals surface area contributed by atoms with E-state index >= 15 is 0 Å². The van der Waals surface area contributed by atoms with E-state index in [1.165, 1.54) is 5.56 Å². The lowest BCUT2D eigenvalue weighted by Gasteiger charge is -2.07. The summed E-state index contributed by atoms with van der Waals surface area (Å²) in [4.78, 5) is 23.5. The molecule has 1 amide bonds. The van der Waals surface area contributed by atoms with Crippen molar-refractivity contribution >= 4 is 5.91 Å². The Balaban J connectivity index is 1.66. The third-order valence-electron chi connectivity index (χ3n) is 3.53. The molecule has 1 N–H and O–H groups in total. The molecule has 0 fully saturated rings. The highest BCUT2D eigenvalue weighted by Crippen LogP contribution is 2.02. The van der Waals surface area contributed by atoms with Crippen molar-refractivity contribution in [2.45, 2.75) is 32.7 Å². The third kappa shape index (κ3) is 5.20. The maximum absolute atomic E-state index is 11.8. The summed E-state index contributed by atoms with van der Waals surface area (Å²) in [6, 6.07) is 13.5. The largest absolute Gasteiger partial charge is 0.356 e. The number of carbonyl (C=O) groups is 1. The van der Waals surface area contributed by atoms with Gasteiger partial charge < -0.3 is 9.88 Å². The van der Waals surface area contributed by atoms with E-state index in [4.69, 9.17) is 0 Å². The van der Waals surface area contributed by atoms with Crippen LogP contribution in [0.3, 0.4) is 0 Å². The van der Waals surface area contributed by atoms with E-state index in [0.717, 1.165) is 18.4 Å². The van der Waals surface area contributed by atoms with Gasteiger partial charge in [0.05, 0.1) is 0 Å². The number of carbonyl (C=O) groups excluding carboxylic acids is 1. The molecular formula is C18H22N2O2. The van der Waals surface area contributed by atoms with E-state index in [0.29, 0.717) is 19.5 Å². The van der Waals surface area contributed by atoms with Crippen molar-refractivity contribution in [1.29, 1.82) is 0 Å². The molecule has 2 aromatic rings. The molecule has 0 saturated carbocycles. The lowest BCUT2D eigenvalue weighted by atomic mass is 10.1. The molecular weight excluding hydrogens is 276 g/mol. The molecule has 22 heavy (non-hydrogen) atoms. The van der Waals surface area contributed by atoms with Gasteiger partial charge in [-0.3, -0.25) is 9.59 Å². The fourth-order valence-corrected chi connectivity index (χ4v) is 2.26. The molecule has 116 valence electrons. The Morgan fingerprint density at radius 1 is 1.18 bits per heavy atom. The van der Waals surface area contributed by atoms with Crippen LogP contribution in [0.25, 0.3) is 0 Å². The highest BCUT2D eigenvalue weighted by atomic mass is 16.1. The van der Waals surface area contributed by atoms with Crippen LogP contribution in [0.1, 0.15) is 24.0 Å². The van der Waals surface area contributed by atoms with Crippen molar-refractivity contribution in [3.63, 3.8) is 0 Å². The van der Waals surface area contributed by atoms with Crippen LogP contribution in [-0.2, 0) is 17.8 Å². The number of hydrogen-bond acceptors (Lipinski definition) is 2. The number of nitrogens with one attached hydrogen (secondary N) is 1. The van der Waals surface area contributed by atoms with Crippen LogP contribution in [0.4, 0.5) is 0 Å². The standard InChI is InChI=1S/C18H22N2O2/c1-15-10-13-20(18(22)14-15)12-5-11-19-17(21)9-8-16-6-3-2-4-7-16/h2-4,6-7,10,13-14H,5,8-9,11-12H2,1H3,(H,19,21). The molecule has 0 bridgehead atoms. The smallest absolute Gasteiger partial charge is 0.250 e. The summed E-state index contributed by atoms with van der Waals surface area (Å²) in [5, 5.41) is 2.90. The first-order valence-corrected chi connectivity index (χ1v) is 7.63. The van der Waals surface area contributed by atoms with Gasteiger partial charge in [0.1, 0.15) is 0 Å². The van der Waals surface area contributed by atoms with Gasteiger partial charge in [-0.2, -0.15) is 0 Å².